The fourth-order valence-electron chi connectivity index (χ4n) is 4.17. The molecule has 0 rings (SSSR count). The largest absolute Gasteiger partial charge is 0.450 e. The van der Waals surface area contributed by atoms with Gasteiger partial charge in [0.15, 0.2) is 0 Å². The van der Waals surface area contributed by atoms with Gasteiger partial charge in [0.2, 0.25) is 0 Å². The zero-order chi connectivity index (χ0) is 29.5. The van der Waals surface area contributed by atoms with E-state index in [-0.39, 0.29) is 24.4 Å². The maximum absolute atomic E-state index is 11.6. The van der Waals surface area contributed by atoms with Crippen LogP contribution in [0.5, 0.6) is 0 Å². The van der Waals surface area contributed by atoms with Crippen LogP contribution in [0.4, 0.5) is 9.59 Å². The molecule has 0 heterocycles. The minimum atomic E-state index is -0.338. The Kier molecular flexibility index (Phi) is 29.2. The van der Waals surface area contributed by atoms with Crippen LogP contribution >= 0.6 is 0 Å². The lowest BCUT2D eigenvalue weighted by molar-refractivity contribution is 0.0637. The van der Waals surface area contributed by atoms with Gasteiger partial charge in [-0.25, -0.2) is 9.59 Å². The molecule has 8 heteroatoms. The summed E-state index contributed by atoms with van der Waals surface area (Å²) in [6.07, 6.45) is 21.6. The van der Waals surface area contributed by atoms with Crippen molar-refractivity contribution in [1.29, 1.82) is 0 Å². The Morgan fingerprint density at radius 1 is 0.475 bits per heavy atom. The number of hydrogen-bond donors (Lipinski definition) is 2. The number of amides is 2. The molecule has 0 aromatic carbocycles. The summed E-state index contributed by atoms with van der Waals surface area (Å²) < 4.78 is 21.5. The Hall–Kier alpha value is -1.54. The van der Waals surface area contributed by atoms with Gasteiger partial charge in [0.25, 0.3) is 0 Å². The van der Waals surface area contributed by atoms with Crippen LogP contribution in [0.1, 0.15) is 143 Å². The van der Waals surface area contributed by atoms with Crippen molar-refractivity contribution < 1.29 is 28.5 Å². The lowest BCUT2D eigenvalue weighted by atomic mass is 10.0. The highest BCUT2D eigenvalue weighted by Crippen LogP contribution is 2.14. The van der Waals surface area contributed by atoms with Crippen LogP contribution in [0.25, 0.3) is 0 Å². The first-order valence-electron chi connectivity index (χ1n) is 16.5. The van der Waals surface area contributed by atoms with Crippen LogP contribution in [0.3, 0.4) is 0 Å². The van der Waals surface area contributed by atoms with E-state index in [0.29, 0.717) is 39.5 Å². The lowest BCUT2D eigenvalue weighted by Crippen LogP contribution is -2.29. The zero-order valence-electron chi connectivity index (χ0n) is 26.6. The summed E-state index contributed by atoms with van der Waals surface area (Å²) in [5, 5.41) is 5.46. The molecule has 0 radical (unpaired) electrons. The normalized spacial score (nSPS) is 12.6. The Morgan fingerprint density at radius 2 is 0.750 bits per heavy atom. The maximum Gasteiger partial charge on any atom is 0.407 e. The second-order valence-electron chi connectivity index (χ2n) is 11.0. The van der Waals surface area contributed by atoms with Crippen LogP contribution in [-0.2, 0) is 18.9 Å². The van der Waals surface area contributed by atoms with Gasteiger partial charge in [0.1, 0.15) is 0 Å². The molecule has 2 atom stereocenters. The number of hydrogen-bond acceptors (Lipinski definition) is 6. The summed E-state index contributed by atoms with van der Waals surface area (Å²) in [5.74, 6) is 0. The number of carbonyl (C=O) groups excluding carboxylic acids is 2. The van der Waals surface area contributed by atoms with E-state index in [1.807, 2.05) is 13.8 Å². The molecule has 0 aliphatic rings. The molecule has 8 nitrogen and oxygen atoms in total. The average Bonchev–Trinajstić information content (AvgIpc) is 2.96. The fourth-order valence-corrected chi connectivity index (χ4v) is 4.17. The Bertz CT molecular complexity index is 516. The van der Waals surface area contributed by atoms with E-state index in [1.54, 1.807) is 0 Å². The highest BCUT2D eigenvalue weighted by atomic mass is 16.6. The van der Waals surface area contributed by atoms with Gasteiger partial charge >= 0.3 is 12.2 Å². The van der Waals surface area contributed by atoms with E-state index >= 15 is 0 Å². The molecule has 0 aliphatic carbocycles. The summed E-state index contributed by atoms with van der Waals surface area (Å²) in [6, 6.07) is 0. The second-order valence-corrected chi connectivity index (χ2v) is 11.0. The van der Waals surface area contributed by atoms with Crippen LogP contribution < -0.4 is 10.6 Å². The van der Waals surface area contributed by atoms with Gasteiger partial charge in [-0.2, -0.15) is 0 Å². The van der Waals surface area contributed by atoms with Crippen LogP contribution in [0.15, 0.2) is 0 Å². The molecule has 0 aromatic heterocycles. The molecule has 0 spiro atoms. The van der Waals surface area contributed by atoms with Gasteiger partial charge in [-0.3, -0.25) is 0 Å². The highest BCUT2D eigenvalue weighted by molar-refractivity contribution is 5.67. The standard InChI is InChI=1S/C32H64N2O6/c1-5-29(3)37-27-23-33-31(35)39-25-21-19-17-15-13-11-9-7-8-10-12-14-16-18-20-22-26-40-32(36)34-24-28-38-30(4)6-2/h29-30H,5-28H2,1-4H3,(H,33,35)(H,34,36). The summed E-state index contributed by atoms with van der Waals surface area (Å²) in [4.78, 5) is 23.2. The second kappa shape index (κ2) is 30.4. The highest BCUT2D eigenvalue weighted by Gasteiger charge is 2.04. The van der Waals surface area contributed by atoms with E-state index in [1.165, 1.54) is 77.0 Å². The van der Waals surface area contributed by atoms with E-state index in [0.717, 1.165) is 38.5 Å². The van der Waals surface area contributed by atoms with Crippen LogP contribution in [0.2, 0.25) is 0 Å². The average molecular weight is 573 g/mol. The molecular weight excluding hydrogens is 508 g/mol. The van der Waals surface area contributed by atoms with Crippen molar-refractivity contribution in [3.8, 4) is 0 Å². The Morgan fingerprint density at radius 3 is 1.02 bits per heavy atom. The lowest BCUT2D eigenvalue weighted by Gasteiger charge is -2.11. The van der Waals surface area contributed by atoms with Crippen molar-refractivity contribution in [2.24, 2.45) is 0 Å². The molecule has 0 saturated carbocycles. The minimum Gasteiger partial charge on any atom is -0.450 e. The molecule has 40 heavy (non-hydrogen) atoms. The predicted molar refractivity (Wildman–Crippen MR) is 164 cm³/mol. The van der Waals surface area contributed by atoms with Crippen molar-refractivity contribution in [2.45, 2.75) is 155 Å². The van der Waals surface area contributed by atoms with Crippen molar-refractivity contribution in [3.05, 3.63) is 0 Å². The molecule has 0 bridgehead atoms. The molecule has 238 valence electrons. The van der Waals surface area contributed by atoms with Gasteiger partial charge in [0, 0.05) is 13.1 Å². The third-order valence-corrected chi connectivity index (χ3v) is 7.20. The molecule has 2 amide bonds. The SMILES string of the molecule is CCC(C)OCCNC(=O)OCCCCCCCCCCCCCCCCCCOC(=O)NCCOC(C)CC. The quantitative estimate of drug-likeness (QED) is 0.0875. The summed E-state index contributed by atoms with van der Waals surface area (Å²) in [5.41, 5.74) is 0. The maximum atomic E-state index is 11.6. The number of carbonyl (C=O) groups is 2. The van der Waals surface area contributed by atoms with Crippen molar-refractivity contribution in [2.75, 3.05) is 39.5 Å². The Balaban J connectivity index is 3.20. The van der Waals surface area contributed by atoms with Gasteiger partial charge in [-0.1, -0.05) is 104 Å². The molecule has 2 N–H and O–H groups in total. The first-order valence-corrected chi connectivity index (χ1v) is 16.5. The van der Waals surface area contributed by atoms with Gasteiger partial charge in [0.05, 0.1) is 38.6 Å². The number of nitrogens with one attached hydrogen (secondary N) is 2. The van der Waals surface area contributed by atoms with Crippen molar-refractivity contribution >= 4 is 12.2 Å². The van der Waals surface area contributed by atoms with Gasteiger partial charge in [-0.15, -0.1) is 0 Å². The van der Waals surface area contributed by atoms with Gasteiger partial charge < -0.3 is 29.6 Å². The van der Waals surface area contributed by atoms with E-state index in [2.05, 4.69) is 24.5 Å². The number of rotatable bonds is 29. The Labute approximate surface area is 246 Å². The monoisotopic (exact) mass is 572 g/mol. The third-order valence-electron chi connectivity index (χ3n) is 7.20. The molecule has 0 aromatic rings. The molecule has 0 saturated heterocycles. The predicted octanol–water partition coefficient (Wildman–Crippen LogP) is 8.31. The minimum absolute atomic E-state index is 0.233. The van der Waals surface area contributed by atoms with E-state index in [9.17, 15) is 9.59 Å². The van der Waals surface area contributed by atoms with E-state index < -0.39 is 0 Å². The molecule has 0 fully saturated rings. The van der Waals surface area contributed by atoms with Crippen molar-refractivity contribution in [1.82, 2.24) is 10.6 Å². The summed E-state index contributed by atoms with van der Waals surface area (Å²) in [6.45, 7) is 11.3. The summed E-state index contributed by atoms with van der Waals surface area (Å²) in [7, 11) is 0. The first kappa shape index (κ1) is 38.5. The first-order chi connectivity index (χ1) is 19.5. The van der Waals surface area contributed by atoms with E-state index in [4.69, 9.17) is 18.9 Å². The smallest absolute Gasteiger partial charge is 0.407 e. The molecule has 0 aliphatic heterocycles. The van der Waals surface area contributed by atoms with Crippen LogP contribution in [-0.4, -0.2) is 63.9 Å². The van der Waals surface area contributed by atoms with Crippen molar-refractivity contribution in [3.63, 3.8) is 0 Å². The van der Waals surface area contributed by atoms with Crippen LogP contribution in [0, 0.1) is 0 Å². The number of unbranched alkanes of at least 4 members (excludes halogenated alkanes) is 15. The third kappa shape index (κ3) is 29.4. The fraction of sp³-hybridized carbons (Fsp3) is 0.938. The summed E-state index contributed by atoms with van der Waals surface area (Å²) >= 11 is 0. The molecule has 2 unspecified atom stereocenters. The molecular formula is C32H64N2O6. The van der Waals surface area contributed by atoms with Gasteiger partial charge in [-0.05, 0) is 39.5 Å². The topological polar surface area (TPSA) is 95.1 Å². The number of alkyl carbamates (subject to hydrolysis) is 2. The number of ether oxygens (including phenoxy) is 4. The zero-order valence-corrected chi connectivity index (χ0v) is 26.6.